The smallest absolute Gasteiger partial charge is 0.256 e. The lowest BCUT2D eigenvalue weighted by Crippen LogP contribution is -2.39. The summed E-state index contributed by atoms with van der Waals surface area (Å²) in [6, 6.07) is 13.2. The van der Waals surface area contributed by atoms with E-state index in [1.54, 1.807) is 18.1 Å². The Morgan fingerprint density at radius 1 is 1.24 bits per heavy atom. The SMILES string of the molecule is COc1cccc(Cc2nc3c(c(=O)[nH]2)CN(C(=O)c2cccc(F)c2)CC3)c1. The Morgan fingerprint density at radius 2 is 2.07 bits per heavy atom. The molecule has 2 heterocycles. The van der Waals surface area contributed by atoms with Gasteiger partial charge >= 0.3 is 0 Å². The van der Waals surface area contributed by atoms with E-state index in [-0.39, 0.29) is 23.6 Å². The van der Waals surface area contributed by atoms with Crippen molar-refractivity contribution in [3.63, 3.8) is 0 Å². The van der Waals surface area contributed by atoms with E-state index >= 15 is 0 Å². The van der Waals surface area contributed by atoms with E-state index in [4.69, 9.17) is 4.74 Å². The van der Waals surface area contributed by atoms with Crippen molar-refractivity contribution in [2.45, 2.75) is 19.4 Å². The molecule has 4 rings (SSSR count). The first-order valence-electron chi connectivity index (χ1n) is 9.32. The van der Waals surface area contributed by atoms with Crippen LogP contribution in [0, 0.1) is 5.82 Å². The van der Waals surface area contributed by atoms with E-state index in [0.29, 0.717) is 36.5 Å². The fourth-order valence-corrected chi connectivity index (χ4v) is 3.51. The molecule has 1 aliphatic heterocycles. The van der Waals surface area contributed by atoms with Crippen LogP contribution in [0.5, 0.6) is 5.75 Å². The van der Waals surface area contributed by atoms with Gasteiger partial charge in [-0.25, -0.2) is 9.37 Å². The summed E-state index contributed by atoms with van der Waals surface area (Å²) in [5.41, 5.74) is 2.19. The number of ether oxygens (including phenoxy) is 1. The Morgan fingerprint density at radius 3 is 2.86 bits per heavy atom. The number of nitrogens with one attached hydrogen (secondary N) is 1. The topological polar surface area (TPSA) is 75.3 Å². The minimum atomic E-state index is -0.463. The van der Waals surface area contributed by atoms with Crippen LogP contribution in [0.1, 0.15) is 33.0 Å². The first-order valence-corrected chi connectivity index (χ1v) is 9.32. The predicted molar refractivity (Wildman–Crippen MR) is 106 cm³/mol. The van der Waals surface area contributed by atoms with E-state index in [1.165, 1.54) is 18.2 Å². The lowest BCUT2D eigenvalue weighted by atomic mass is 10.0. The van der Waals surface area contributed by atoms with Crippen molar-refractivity contribution < 1.29 is 13.9 Å². The lowest BCUT2D eigenvalue weighted by Gasteiger charge is -2.28. The number of carbonyl (C=O) groups is 1. The zero-order valence-electron chi connectivity index (χ0n) is 15.9. The van der Waals surface area contributed by atoms with E-state index in [1.807, 2.05) is 24.3 Å². The van der Waals surface area contributed by atoms with Crippen molar-refractivity contribution in [3.05, 3.63) is 92.9 Å². The van der Waals surface area contributed by atoms with Crippen molar-refractivity contribution in [2.24, 2.45) is 0 Å². The number of methoxy groups -OCH3 is 1. The van der Waals surface area contributed by atoms with Crippen LogP contribution in [0.4, 0.5) is 4.39 Å². The summed E-state index contributed by atoms with van der Waals surface area (Å²) < 4.78 is 18.7. The van der Waals surface area contributed by atoms with Gasteiger partial charge < -0.3 is 14.6 Å². The molecule has 0 saturated heterocycles. The third kappa shape index (κ3) is 4.03. The van der Waals surface area contributed by atoms with Crippen LogP contribution < -0.4 is 10.3 Å². The molecule has 1 amide bonds. The zero-order chi connectivity index (χ0) is 20.4. The molecule has 29 heavy (non-hydrogen) atoms. The molecule has 0 unspecified atom stereocenters. The molecule has 0 fully saturated rings. The number of rotatable bonds is 4. The van der Waals surface area contributed by atoms with Gasteiger partial charge in [0.05, 0.1) is 24.9 Å². The molecule has 7 heteroatoms. The van der Waals surface area contributed by atoms with E-state index in [0.717, 1.165) is 11.3 Å². The second-order valence-electron chi connectivity index (χ2n) is 6.95. The second-order valence-corrected chi connectivity index (χ2v) is 6.95. The van der Waals surface area contributed by atoms with E-state index in [2.05, 4.69) is 9.97 Å². The standard InChI is InChI=1S/C22H20FN3O3/c1-29-17-7-2-4-14(10-17)11-20-24-19-8-9-26(13-18(19)21(27)25-20)22(28)15-5-3-6-16(23)12-15/h2-7,10,12H,8-9,11,13H2,1H3,(H,24,25,27). The number of amides is 1. The highest BCUT2D eigenvalue weighted by atomic mass is 19.1. The van der Waals surface area contributed by atoms with Gasteiger partial charge in [0.2, 0.25) is 0 Å². The Kier molecular flexibility index (Phi) is 5.12. The highest BCUT2D eigenvalue weighted by Gasteiger charge is 2.25. The van der Waals surface area contributed by atoms with Gasteiger partial charge in [-0.15, -0.1) is 0 Å². The number of carbonyl (C=O) groups excluding carboxylic acids is 1. The van der Waals surface area contributed by atoms with Crippen molar-refractivity contribution >= 4 is 5.91 Å². The number of H-pyrrole nitrogens is 1. The lowest BCUT2D eigenvalue weighted by molar-refractivity contribution is 0.0732. The van der Waals surface area contributed by atoms with Crippen molar-refractivity contribution in [1.82, 2.24) is 14.9 Å². The molecule has 0 spiro atoms. The van der Waals surface area contributed by atoms with Crippen molar-refractivity contribution in [3.8, 4) is 5.75 Å². The van der Waals surface area contributed by atoms with Gasteiger partial charge in [0.15, 0.2) is 0 Å². The molecule has 6 nitrogen and oxygen atoms in total. The Balaban J connectivity index is 1.55. The van der Waals surface area contributed by atoms with Crippen LogP contribution in [-0.2, 0) is 19.4 Å². The maximum absolute atomic E-state index is 13.4. The number of hydrogen-bond acceptors (Lipinski definition) is 4. The largest absolute Gasteiger partial charge is 0.497 e. The summed E-state index contributed by atoms with van der Waals surface area (Å²) in [4.78, 5) is 34.3. The van der Waals surface area contributed by atoms with Crippen LogP contribution in [0.2, 0.25) is 0 Å². The number of fused-ring (bicyclic) bond motifs is 1. The van der Waals surface area contributed by atoms with Gasteiger partial charge in [-0.1, -0.05) is 18.2 Å². The molecule has 0 saturated carbocycles. The van der Waals surface area contributed by atoms with Gasteiger partial charge in [-0.3, -0.25) is 9.59 Å². The third-order valence-corrected chi connectivity index (χ3v) is 4.98. The second kappa shape index (κ2) is 7.87. The number of aromatic nitrogens is 2. The summed E-state index contributed by atoms with van der Waals surface area (Å²) in [6.07, 6.45) is 0.955. The van der Waals surface area contributed by atoms with Gasteiger partial charge in [0.1, 0.15) is 17.4 Å². The highest BCUT2D eigenvalue weighted by Crippen LogP contribution is 2.19. The first-order chi connectivity index (χ1) is 14.0. The van der Waals surface area contributed by atoms with Gasteiger partial charge in [0, 0.05) is 24.9 Å². The van der Waals surface area contributed by atoms with Gasteiger partial charge in [-0.05, 0) is 35.9 Å². The number of hydrogen-bond donors (Lipinski definition) is 1. The molecule has 1 aliphatic rings. The van der Waals surface area contributed by atoms with Crippen LogP contribution in [-0.4, -0.2) is 34.4 Å². The molecule has 148 valence electrons. The Labute approximate surface area is 167 Å². The summed E-state index contributed by atoms with van der Waals surface area (Å²) in [7, 11) is 1.61. The molecule has 0 radical (unpaired) electrons. The summed E-state index contributed by atoms with van der Waals surface area (Å²) >= 11 is 0. The fourth-order valence-electron chi connectivity index (χ4n) is 3.51. The summed E-state index contributed by atoms with van der Waals surface area (Å²) in [5.74, 6) is 0.561. The summed E-state index contributed by atoms with van der Waals surface area (Å²) in [5, 5.41) is 0. The Hall–Kier alpha value is -3.48. The number of aromatic amines is 1. The quantitative estimate of drug-likeness (QED) is 0.740. The highest BCUT2D eigenvalue weighted by molar-refractivity contribution is 5.94. The minimum absolute atomic E-state index is 0.159. The monoisotopic (exact) mass is 393 g/mol. The van der Waals surface area contributed by atoms with Crippen LogP contribution in [0.25, 0.3) is 0 Å². The molecule has 3 aromatic rings. The third-order valence-electron chi connectivity index (χ3n) is 4.98. The van der Waals surface area contributed by atoms with E-state index in [9.17, 15) is 14.0 Å². The predicted octanol–water partition coefficient (Wildman–Crippen LogP) is 2.71. The Bertz CT molecular complexity index is 1130. The molecular formula is C22H20FN3O3. The molecular weight excluding hydrogens is 373 g/mol. The van der Waals surface area contributed by atoms with Crippen LogP contribution >= 0.6 is 0 Å². The molecule has 1 N–H and O–H groups in total. The van der Waals surface area contributed by atoms with Gasteiger partial charge in [-0.2, -0.15) is 0 Å². The molecule has 0 bridgehead atoms. The normalized spacial score (nSPS) is 13.1. The van der Waals surface area contributed by atoms with Crippen molar-refractivity contribution in [1.29, 1.82) is 0 Å². The zero-order valence-corrected chi connectivity index (χ0v) is 15.9. The summed E-state index contributed by atoms with van der Waals surface area (Å²) in [6.45, 7) is 0.587. The fraction of sp³-hybridized carbons (Fsp3) is 0.227. The average molecular weight is 393 g/mol. The maximum Gasteiger partial charge on any atom is 0.256 e. The number of benzene rings is 2. The van der Waals surface area contributed by atoms with Crippen LogP contribution in [0.15, 0.2) is 53.3 Å². The van der Waals surface area contributed by atoms with Gasteiger partial charge in [0.25, 0.3) is 11.5 Å². The minimum Gasteiger partial charge on any atom is -0.497 e. The molecule has 0 atom stereocenters. The average Bonchev–Trinajstić information content (AvgIpc) is 2.73. The van der Waals surface area contributed by atoms with Crippen molar-refractivity contribution in [2.75, 3.05) is 13.7 Å². The van der Waals surface area contributed by atoms with Crippen LogP contribution in [0.3, 0.4) is 0 Å². The molecule has 0 aliphatic carbocycles. The number of halogens is 1. The maximum atomic E-state index is 13.4. The number of nitrogens with zero attached hydrogens (tertiary/aromatic N) is 2. The van der Waals surface area contributed by atoms with E-state index < -0.39 is 5.82 Å². The first kappa shape index (κ1) is 18.9. The molecule has 2 aromatic carbocycles. The molecule has 1 aromatic heterocycles.